The summed E-state index contributed by atoms with van der Waals surface area (Å²) in [5.41, 5.74) is 4.66. The molecule has 3 heteroatoms. The van der Waals surface area contributed by atoms with Gasteiger partial charge in [-0.15, -0.1) is 0 Å². The molecule has 0 atom stereocenters. The summed E-state index contributed by atoms with van der Waals surface area (Å²) in [5.74, 6) is 0. The van der Waals surface area contributed by atoms with E-state index in [0.717, 1.165) is 6.42 Å². The molecule has 0 unspecified atom stereocenters. The normalized spacial score (nSPS) is 16.9. The molecule has 0 heterocycles. The second-order valence-electron chi connectivity index (χ2n) is 4.37. The molecule has 2 aliphatic rings. The van der Waals surface area contributed by atoms with Gasteiger partial charge in [0.25, 0.3) is 0 Å². The van der Waals surface area contributed by atoms with E-state index in [9.17, 15) is 0 Å². The van der Waals surface area contributed by atoms with Crippen LogP contribution in [0.15, 0.2) is 44.3 Å². The van der Waals surface area contributed by atoms with Gasteiger partial charge in [0.1, 0.15) is 0 Å². The Balaban J connectivity index is 0.00000128. The van der Waals surface area contributed by atoms with E-state index in [1.54, 1.807) is 12.1 Å². The van der Waals surface area contributed by atoms with Crippen molar-refractivity contribution in [3.05, 3.63) is 44.3 Å². The zero-order valence-electron chi connectivity index (χ0n) is 10.5. The zero-order valence-corrected chi connectivity index (χ0v) is 14.4. The molecule has 0 saturated heterocycles. The average Bonchev–Trinajstić information content (AvgIpc) is 2.76. The predicted molar refractivity (Wildman–Crippen MR) is 63.6 cm³/mol. The molecule has 0 aromatic heterocycles. The monoisotopic (exact) mass is 345 g/mol. The molecular weight excluding hydrogens is 330 g/mol. The summed E-state index contributed by atoms with van der Waals surface area (Å²) < 4.78 is 3.46. The molecule has 0 aromatic rings. The molecule has 0 spiro atoms. The topological polar surface area (TPSA) is 0 Å². The van der Waals surface area contributed by atoms with E-state index in [1.165, 1.54) is 17.6 Å². The maximum Gasteiger partial charge on any atom is -1.00 e. The van der Waals surface area contributed by atoms with Gasteiger partial charge in [-0.05, 0) is 0 Å². The van der Waals surface area contributed by atoms with Crippen molar-refractivity contribution in [2.24, 2.45) is 0 Å². The first-order valence-corrected chi connectivity index (χ1v) is 7.98. The molecule has 91 valence electrons. The molecule has 0 aliphatic heterocycles. The molecule has 0 radical (unpaired) electrons. The third-order valence-corrected chi connectivity index (χ3v) is 6.28. The first-order chi connectivity index (χ1) is 7.18. The summed E-state index contributed by atoms with van der Waals surface area (Å²) in [6.07, 6.45) is 11.5. The Labute approximate surface area is 128 Å². The van der Waals surface area contributed by atoms with Crippen LogP contribution < -0.4 is 24.8 Å². The fourth-order valence-electron chi connectivity index (χ4n) is 2.14. The molecule has 0 N–H and O–H groups in total. The predicted octanol–water partition coefficient (Wildman–Crippen LogP) is -2.22. The molecule has 0 aromatic carbocycles. The van der Waals surface area contributed by atoms with Crippen molar-refractivity contribution in [1.82, 2.24) is 0 Å². The van der Waals surface area contributed by atoms with Crippen LogP contribution in [0.3, 0.4) is 0 Å². The SMILES string of the molecule is C[C](C)=[Zr+2][C]1=C(C)C(C2=CC=CC2)=CC1.[Cl-].[Cl-]. The Morgan fingerprint density at radius 2 is 1.88 bits per heavy atom. The number of hydrogen-bond acceptors (Lipinski definition) is 0. The third kappa shape index (κ3) is 4.16. The first kappa shape index (κ1) is 17.3. The van der Waals surface area contributed by atoms with Crippen LogP contribution in [0.5, 0.6) is 0 Å². The molecule has 0 fully saturated rings. The quantitative estimate of drug-likeness (QED) is 0.531. The van der Waals surface area contributed by atoms with E-state index in [0.29, 0.717) is 0 Å². The summed E-state index contributed by atoms with van der Waals surface area (Å²) in [7, 11) is 0. The molecule has 0 nitrogen and oxygen atoms in total. The molecule has 2 aliphatic carbocycles. The van der Waals surface area contributed by atoms with Gasteiger partial charge in [0, 0.05) is 0 Å². The molecule has 17 heavy (non-hydrogen) atoms. The van der Waals surface area contributed by atoms with Gasteiger partial charge in [0.05, 0.1) is 0 Å². The van der Waals surface area contributed by atoms with Crippen LogP contribution in [0, 0.1) is 0 Å². The van der Waals surface area contributed by atoms with Crippen molar-refractivity contribution >= 4 is 3.21 Å². The van der Waals surface area contributed by atoms with Crippen molar-refractivity contribution in [2.45, 2.75) is 33.6 Å². The number of halogens is 2. The van der Waals surface area contributed by atoms with E-state index in [1.807, 2.05) is 0 Å². The van der Waals surface area contributed by atoms with Crippen molar-refractivity contribution in [1.29, 1.82) is 0 Å². The fourth-order valence-corrected chi connectivity index (χ4v) is 4.92. The molecular formula is C14H17Cl2Zr. The summed E-state index contributed by atoms with van der Waals surface area (Å²) in [6, 6.07) is 0. The van der Waals surface area contributed by atoms with Gasteiger partial charge in [-0.1, -0.05) is 0 Å². The zero-order chi connectivity index (χ0) is 10.8. The smallest absolute Gasteiger partial charge is 1.00 e. The summed E-state index contributed by atoms with van der Waals surface area (Å²) >= 11 is -0.369. The van der Waals surface area contributed by atoms with Crippen molar-refractivity contribution in [3.8, 4) is 0 Å². The largest absolute Gasteiger partial charge is 1.00 e. The minimum Gasteiger partial charge on any atom is -1.00 e. The van der Waals surface area contributed by atoms with Crippen molar-refractivity contribution < 1.29 is 47.6 Å². The van der Waals surface area contributed by atoms with Crippen molar-refractivity contribution in [3.63, 3.8) is 0 Å². The molecule has 0 amide bonds. The van der Waals surface area contributed by atoms with Gasteiger partial charge < -0.3 is 24.8 Å². The number of allylic oxidation sites excluding steroid dienone is 8. The van der Waals surface area contributed by atoms with E-state index in [-0.39, 0.29) is 47.6 Å². The Kier molecular flexibility index (Phi) is 7.80. The maximum absolute atomic E-state index is 2.44. The second-order valence-corrected chi connectivity index (χ2v) is 8.93. The molecule has 0 bridgehead atoms. The Bertz CT molecular complexity index is 433. The van der Waals surface area contributed by atoms with Crippen LogP contribution in [-0.4, -0.2) is 3.21 Å². The Morgan fingerprint density at radius 1 is 1.18 bits per heavy atom. The van der Waals surface area contributed by atoms with Crippen LogP contribution in [0.25, 0.3) is 0 Å². The second kappa shape index (κ2) is 7.67. The minimum atomic E-state index is -0.369. The third-order valence-electron chi connectivity index (χ3n) is 2.89. The van der Waals surface area contributed by atoms with Gasteiger partial charge >= 0.3 is 104 Å². The Morgan fingerprint density at radius 3 is 2.41 bits per heavy atom. The van der Waals surface area contributed by atoms with Crippen LogP contribution >= 0.6 is 0 Å². The van der Waals surface area contributed by atoms with E-state index in [4.69, 9.17) is 0 Å². The van der Waals surface area contributed by atoms with Crippen LogP contribution in [-0.2, 0) is 22.8 Å². The number of hydrogen-bond donors (Lipinski definition) is 0. The van der Waals surface area contributed by atoms with Crippen LogP contribution in [0.4, 0.5) is 0 Å². The van der Waals surface area contributed by atoms with Gasteiger partial charge in [-0.25, -0.2) is 0 Å². The summed E-state index contributed by atoms with van der Waals surface area (Å²) in [4.78, 5) is 0. The first-order valence-electron chi connectivity index (χ1n) is 5.52. The van der Waals surface area contributed by atoms with Gasteiger partial charge in [0.2, 0.25) is 0 Å². The molecule has 2 rings (SSSR count). The summed E-state index contributed by atoms with van der Waals surface area (Å²) in [5, 5.41) is 0. The van der Waals surface area contributed by atoms with Crippen LogP contribution in [0.2, 0.25) is 0 Å². The van der Waals surface area contributed by atoms with Gasteiger partial charge in [-0.3, -0.25) is 0 Å². The fraction of sp³-hybridized carbons (Fsp3) is 0.357. The van der Waals surface area contributed by atoms with E-state index >= 15 is 0 Å². The van der Waals surface area contributed by atoms with Gasteiger partial charge in [0.15, 0.2) is 0 Å². The minimum absolute atomic E-state index is 0. The standard InChI is InChI=1S/C11H11.C3H6.2ClH.Zr/c1-9-5-4-8-11(9)10-6-2-3-7-10;1-3-2;;;/h2-3,6,8H,4,7H2,1H3;1-2H3;2*1H;/q;;;;+2/p-2. The maximum atomic E-state index is 2.44. The average molecular weight is 347 g/mol. The Hall–Kier alpha value is 0.293. The van der Waals surface area contributed by atoms with E-state index < -0.39 is 0 Å². The van der Waals surface area contributed by atoms with E-state index in [2.05, 4.69) is 45.1 Å². The molecule has 0 saturated carbocycles. The summed E-state index contributed by atoms with van der Waals surface area (Å²) in [6.45, 7) is 6.90. The van der Waals surface area contributed by atoms with Crippen LogP contribution in [0.1, 0.15) is 33.6 Å². The number of rotatable bonds is 2. The van der Waals surface area contributed by atoms with Crippen molar-refractivity contribution in [2.75, 3.05) is 0 Å². The van der Waals surface area contributed by atoms with Gasteiger partial charge in [-0.2, -0.15) is 0 Å².